The first kappa shape index (κ1) is 15.2. The van der Waals surface area contributed by atoms with Crippen molar-refractivity contribution in [3.63, 3.8) is 0 Å². The summed E-state index contributed by atoms with van der Waals surface area (Å²) in [5, 5.41) is 3.23. The quantitative estimate of drug-likeness (QED) is 0.735. The zero-order valence-electron chi connectivity index (χ0n) is 11.7. The van der Waals surface area contributed by atoms with Crippen molar-refractivity contribution in [1.29, 1.82) is 0 Å². The van der Waals surface area contributed by atoms with Crippen molar-refractivity contribution >= 4 is 11.8 Å². The molecule has 0 spiro atoms. The number of benzene rings is 1. The van der Waals surface area contributed by atoms with Crippen LogP contribution in [0.2, 0.25) is 0 Å². The van der Waals surface area contributed by atoms with E-state index in [2.05, 4.69) is 25.2 Å². The standard InChI is InChI=1S/C14H23NO2S/c1-5-18-9-8-17-14-10-12(16-4)6-7-13(14)11(2)15-3/h6-7,10-11,15H,5,8-9H2,1-4H3. The third kappa shape index (κ3) is 4.42. The summed E-state index contributed by atoms with van der Waals surface area (Å²) in [4.78, 5) is 0. The van der Waals surface area contributed by atoms with Crippen molar-refractivity contribution in [1.82, 2.24) is 5.32 Å². The number of thioether (sulfide) groups is 1. The van der Waals surface area contributed by atoms with Crippen molar-refractivity contribution in [2.45, 2.75) is 19.9 Å². The van der Waals surface area contributed by atoms with Gasteiger partial charge < -0.3 is 14.8 Å². The van der Waals surface area contributed by atoms with Gasteiger partial charge in [-0.3, -0.25) is 0 Å². The van der Waals surface area contributed by atoms with Crippen molar-refractivity contribution in [3.8, 4) is 11.5 Å². The predicted octanol–water partition coefficient (Wildman–Crippen LogP) is 3.11. The van der Waals surface area contributed by atoms with E-state index < -0.39 is 0 Å². The Morgan fingerprint density at radius 3 is 2.78 bits per heavy atom. The lowest BCUT2D eigenvalue weighted by atomic mass is 10.1. The van der Waals surface area contributed by atoms with Gasteiger partial charge in [-0.25, -0.2) is 0 Å². The molecular weight excluding hydrogens is 246 g/mol. The van der Waals surface area contributed by atoms with Crippen LogP contribution in [-0.4, -0.2) is 32.3 Å². The summed E-state index contributed by atoms with van der Waals surface area (Å²) >= 11 is 1.89. The van der Waals surface area contributed by atoms with Crippen molar-refractivity contribution in [2.75, 3.05) is 32.3 Å². The van der Waals surface area contributed by atoms with Crippen molar-refractivity contribution in [3.05, 3.63) is 23.8 Å². The maximum absolute atomic E-state index is 5.86. The van der Waals surface area contributed by atoms with E-state index in [1.54, 1.807) is 7.11 Å². The normalized spacial score (nSPS) is 12.2. The third-order valence-electron chi connectivity index (χ3n) is 2.81. The fourth-order valence-corrected chi connectivity index (χ4v) is 2.12. The Bertz CT molecular complexity index is 358. The first-order valence-electron chi connectivity index (χ1n) is 6.28. The molecule has 0 aliphatic rings. The summed E-state index contributed by atoms with van der Waals surface area (Å²) in [5.41, 5.74) is 1.17. The molecule has 0 heterocycles. The van der Waals surface area contributed by atoms with Gasteiger partial charge in [0.05, 0.1) is 13.7 Å². The average molecular weight is 269 g/mol. The Hall–Kier alpha value is -0.870. The van der Waals surface area contributed by atoms with Crippen LogP contribution in [-0.2, 0) is 0 Å². The predicted molar refractivity (Wildman–Crippen MR) is 79.0 cm³/mol. The second-order valence-electron chi connectivity index (χ2n) is 3.96. The first-order chi connectivity index (χ1) is 8.72. The molecule has 3 nitrogen and oxygen atoms in total. The Balaban J connectivity index is 2.76. The molecule has 0 saturated heterocycles. The van der Waals surface area contributed by atoms with Gasteiger partial charge in [0.1, 0.15) is 11.5 Å². The Kier molecular flexibility index (Phi) is 6.98. The fourth-order valence-electron chi connectivity index (χ4n) is 1.63. The number of rotatable bonds is 8. The van der Waals surface area contributed by atoms with Gasteiger partial charge >= 0.3 is 0 Å². The molecule has 0 aromatic heterocycles. The van der Waals surface area contributed by atoms with Crippen LogP contribution in [0.15, 0.2) is 18.2 Å². The Morgan fingerprint density at radius 1 is 1.39 bits per heavy atom. The van der Waals surface area contributed by atoms with E-state index in [9.17, 15) is 0 Å². The summed E-state index contributed by atoms with van der Waals surface area (Å²) in [7, 11) is 3.62. The lowest BCUT2D eigenvalue weighted by Crippen LogP contribution is -2.14. The van der Waals surface area contributed by atoms with Gasteiger partial charge in [0.15, 0.2) is 0 Å². The molecule has 1 aromatic rings. The van der Waals surface area contributed by atoms with Gasteiger partial charge in [-0.05, 0) is 25.8 Å². The first-order valence-corrected chi connectivity index (χ1v) is 7.44. The number of nitrogens with one attached hydrogen (secondary N) is 1. The monoisotopic (exact) mass is 269 g/mol. The second-order valence-corrected chi connectivity index (χ2v) is 5.35. The highest BCUT2D eigenvalue weighted by Gasteiger charge is 2.11. The maximum Gasteiger partial charge on any atom is 0.127 e. The number of hydrogen-bond donors (Lipinski definition) is 1. The molecule has 1 atom stereocenters. The van der Waals surface area contributed by atoms with Gasteiger partial charge in [0.25, 0.3) is 0 Å². The van der Waals surface area contributed by atoms with Gasteiger partial charge in [-0.2, -0.15) is 11.8 Å². The topological polar surface area (TPSA) is 30.5 Å². The molecule has 1 N–H and O–H groups in total. The summed E-state index contributed by atoms with van der Waals surface area (Å²) in [6.07, 6.45) is 0. The van der Waals surface area contributed by atoms with E-state index in [4.69, 9.17) is 9.47 Å². The van der Waals surface area contributed by atoms with Gasteiger partial charge in [0, 0.05) is 23.4 Å². The van der Waals surface area contributed by atoms with Crippen LogP contribution in [0.3, 0.4) is 0 Å². The van der Waals surface area contributed by atoms with Crippen LogP contribution in [0, 0.1) is 0 Å². The minimum absolute atomic E-state index is 0.268. The summed E-state index contributed by atoms with van der Waals surface area (Å²) < 4.78 is 11.1. The van der Waals surface area contributed by atoms with Crippen LogP contribution >= 0.6 is 11.8 Å². The van der Waals surface area contributed by atoms with E-state index in [1.165, 1.54) is 5.56 Å². The molecule has 1 rings (SSSR count). The zero-order chi connectivity index (χ0) is 13.4. The Morgan fingerprint density at radius 2 is 2.17 bits per heavy atom. The largest absolute Gasteiger partial charge is 0.497 e. The highest BCUT2D eigenvalue weighted by Crippen LogP contribution is 2.29. The summed E-state index contributed by atoms with van der Waals surface area (Å²) in [6, 6.07) is 6.25. The Labute approximate surface area is 114 Å². The molecule has 4 heteroatoms. The molecule has 0 radical (unpaired) electrons. The SMILES string of the molecule is CCSCCOc1cc(OC)ccc1C(C)NC. The summed E-state index contributed by atoms with van der Waals surface area (Å²) in [5.74, 6) is 3.88. The van der Waals surface area contributed by atoms with E-state index in [1.807, 2.05) is 30.9 Å². The molecule has 0 aliphatic carbocycles. The number of hydrogen-bond acceptors (Lipinski definition) is 4. The average Bonchev–Trinajstić information content (AvgIpc) is 2.42. The molecule has 18 heavy (non-hydrogen) atoms. The van der Waals surface area contributed by atoms with Crippen LogP contribution in [0.4, 0.5) is 0 Å². The van der Waals surface area contributed by atoms with Crippen molar-refractivity contribution in [2.24, 2.45) is 0 Å². The molecule has 1 aromatic carbocycles. The number of methoxy groups -OCH3 is 1. The third-order valence-corrected chi connectivity index (χ3v) is 3.67. The number of ether oxygens (including phenoxy) is 2. The second kappa shape index (κ2) is 8.27. The molecule has 102 valence electrons. The highest BCUT2D eigenvalue weighted by atomic mass is 32.2. The lowest BCUT2D eigenvalue weighted by Gasteiger charge is -2.17. The molecule has 0 fully saturated rings. The highest BCUT2D eigenvalue weighted by molar-refractivity contribution is 7.99. The summed E-state index contributed by atoms with van der Waals surface area (Å²) in [6.45, 7) is 5.01. The minimum Gasteiger partial charge on any atom is -0.497 e. The van der Waals surface area contributed by atoms with Gasteiger partial charge in [0.2, 0.25) is 0 Å². The molecule has 0 saturated carbocycles. The van der Waals surface area contributed by atoms with E-state index >= 15 is 0 Å². The van der Waals surface area contributed by atoms with Crippen LogP contribution < -0.4 is 14.8 Å². The van der Waals surface area contributed by atoms with Crippen LogP contribution in [0.1, 0.15) is 25.5 Å². The fraction of sp³-hybridized carbons (Fsp3) is 0.571. The lowest BCUT2D eigenvalue weighted by molar-refractivity contribution is 0.332. The maximum atomic E-state index is 5.86. The zero-order valence-corrected chi connectivity index (χ0v) is 12.5. The van der Waals surface area contributed by atoms with E-state index in [0.717, 1.165) is 29.6 Å². The molecule has 0 amide bonds. The molecule has 0 aliphatic heterocycles. The van der Waals surface area contributed by atoms with Crippen LogP contribution in [0.25, 0.3) is 0 Å². The molecular formula is C14H23NO2S. The van der Waals surface area contributed by atoms with E-state index in [-0.39, 0.29) is 6.04 Å². The van der Waals surface area contributed by atoms with E-state index in [0.29, 0.717) is 0 Å². The minimum atomic E-state index is 0.268. The van der Waals surface area contributed by atoms with Crippen molar-refractivity contribution < 1.29 is 9.47 Å². The van der Waals surface area contributed by atoms with Crippen LogP contribution in [0.5, 0.6) is 11.5 Å². The van der Waals surface area contributed by atoms with Gasteiger partial charge in [-0.1, -0.05) is 13.0 Å². The molecule has 0 bridgehead atoms. The smallest absolute Gasteiger partial charge is 0.127 e. The van der Waals surface area contributed by atoms with Gasteiger partial charge in [-0.15, -0.1) is 0 Å². The molecule has 1 unspecified atom stereocenters.